The molecule has 14 heavy (non-hydrogen) atoms. The topological polar surface area (TPSA) is 54.7 Å². The Hall–Kier alpha value is -1.84. The second-order valence-electron chi connectivity index (χ2n) is 3.06. The van der Waals surface area contributed by atoms with Gasteiger partial charge < -0.3 is 10.7 Å². The zero-order valence-electron chi connectivity index (χ0n) is 7.50. The monoisotopic (exact) mass is 191 g/mol. The van der Waals surface area contributed by atoms with Gasteiger partial charge in [0.25, 0.3) is 0 Å². The maximum Gasteiger partial charge on any atom is 0.197 e. The summed E-state index contributed by atoms with van der Waals surface area (Å²) < 4.78 is 13.2. The molecule has 1 aromatic carbocycles. The smallest absolute Gasteiger partial charge is 0.197 e. The lowest BCUT2D eigenvalue weighted by atomic mass is 10.1. The van der Waals surface area contributed by atoms with Gasteiger partial charge in [0, 0.05) is 12.1 Å². The van der Waals surface area contributed by atoms with Crippen LogP contribution in [0.5, 0.6) is 0 Å². The molecular weight excluding hydrogens is 181 g/mol. The van der Waals surface area contributed by atoms with Gasteiger partial charge in [-0.2, -0.15) is 0 Å². The van der Waals surface area contributed by atoms with Gasteiger partial charge in [0.15, 0.2) is 5.95 Å². The van der Waals surface area contributed by atoms with Gasteiger partial charge in [-0.1, -0.05) is 18.2 Å². The van der Waals surface area contributed by atoms with Crippen molar-refractivity contribution in [1.82, 2.24) is 9.97 Å². The third-order valence-corrected chi connectivity index (χ3v) is 1.99. The average molecular weight is 191 g/mol. The Morgan fingerprint density at radius 3 is 2.79 bits per heavy atom. The van der Waals surface area contributed by atoms with E-state index in [1.165, 1.54) is 6.07 Å². The molecule has 2 aromatic rings. The van der Waals surface area contributed by atoms with Crippen LogP contribution in [0.4, 0.5) is 10.3 Å². The number of nitrogen functional groups attached to an aromatic ring is 1. The molecule has 0 aliphatic rings. The summed E-state index contributed by atoms with van der Waals surface area (Å²) in [4.78, 5) is 6.69. The van der Waals surface area contributed by atoms with Gasteiger partial charge in [-0.3, -0.25) is 0 Å². The van der Waals surface area contributed by atoms with Crippen LogP contribution in [0.1, 0.15) is 11.3 Å². The first-order valence-electron chi connectivity index (χ1n) is 4.28. The summed E-state index contributed by atoms with van der Waals surface area (Å²) >= 11 is 0. The van der Waals surface area contributed by atoms with Crippen LogP contribution in [0, 0.1) is 5.82 Å². The van der Waals surface area contributed by atoms with Gasteiger partial charge in [0.2, 0.25) is 0 Å². The summed E-state index contributed by atoms with van der Waals surface area (Å²) in [5, 5.41) is 0. The third-order valence-electron chi connectivity index (χ3n) is 1.99. The number of aromatic nitrogens is 2. The minimum atomic E-state index is -0.208. The third kappa shape index (κ3) is 1.74. The van der Waals surface area contributed by atoms with Gasteiger partial charge >= 0.3 is 0 Å². The highest BCUT2D eigenvalue weighted by atomic mass is 19.1. The maximum absolute atomic E-state index is 13.2. The summed E-state index contributed by atoms with van der Waals surface area (Å²) in [6.45, 7) is 0. The fraction of sp³-hybridized carbons (Fsp3) is 0.100. The van der Waals surface area contributed by atoms with E-state index in [4.69, 9.17) is 5.73 Å². The van der Waals surface area contributed by atoms with Gasteiger partial charge in [-0.25, -0.2) is 9.37 Å². The van der Waals surface area contributed by atoms with Crippen molar-refractivity contribution in [2.75, 3.05) is 5.73 Å². The molecule has 72 valence electrons. The molecule has 0 saturated heterocycles. The van der Waals surface area contributed by atoms with Crippen LogP contribution in [0.15, 0.2) is 30.5 Å². The summed E-state index contributed by atoms with van der Waals surface area (Å²) in [6, 6.07) is 6.65. The van der Waals surface area contributed by atoms with Crippen molar-refractivity contribution in [1.29, 1.82) is 0 Å². The molecule has 0 atom stereocenters. The fourth-order valence-corrected chi connectivity index (χ4v) is 1.31. The SMILES string of the molecule is Nc1ncc(Cc2ccccc2F)[nH]1. The molecule has 2 rings (SSSR count). The molecule has 1 heterocycles. The van der Waals surface area contributed by atoms with Crippen LogP contribution in [0.3, 0.4) is 0 Å². The zero-order valence-corrected chi connectivity index (χ0v) is 7.50. The van der Waals surface area contributed by atoms with Gasteiger partial charge in [0.05, 0.1) is 6.20 Å². The van der Waals surface area contributed by atoms with Crippen LogP contribution in [0.2, 0.25) is 0 Å². The molecule has 0 spiro atoms. The lowest BCUT2D eigenvalue weighted by Gasteiger charge is -1.99. The molecule has 0 aliphatic carbocycles. The Morgan fingerprint density at radius 1 is 1.36 bits per heavy atom. The second kappa shape index (κ2) is 3.49. The number of hydrogen-bond donors (Lipinski definition) is 2. The molecule has 0 aliphatic heterocycles. The largest absolute Gasteiger partial charge is 0.369 e. The molecule has 4 heteroatoms. The number of aromatic amines is 1. The van der Waals surface area contributed by atoms with Gasteiger partial charge in [0.1, 0.15) is 5.82 Å². The number of halogens is 1. The molecule has 3 N–H and O–H groups in total. The molecule has 0 unspecified atom stereocenters. The van der Waals surface area contributed by atoms with Crippen molar-refractivity contribution >= 4 is 5.95 Å². The zero-order chi connectivity index (χ0) is 9.97. The first kappa shape index (κ1) is 8.74. The molecule has 3 nitrogen and oxygen atoms in total. The Labute approximate surface area is 80.8 Å². The highest BCUT2D eigenvalue weighted by molar-refractivity contribution is 5.26. The van der Waals surface area contributed by atoms with E-state index in [2.05, 4.69) is 9.97 Å². The van der Waals surface area contributed by atoms with Crippen LogP contribution in [-0.4, -0.2) is 9.97 Å². The quantitative estimate of drug-likeness (QED) is 0.759. The summed E-state index contributed by atoms with van der Waals surface area (Å²) in [5.74, 6) is 0.150. The number of benzene rings is 1. The Kier molecular flexibility index (Phi) is 2.18. The van der Waals surface area contributed by atoms with E-state index < -0.39 is 0 Å². The van der Waals surface area contributed by atoms with E-state index in [0.29, 0.717) is 17.9 Å². The number of rotatable bonds is 2. The van der Waals surface area contributed by atoms with Crippen molar-refractivity contribution in [2.45, 2.75) is 6.42 Å². The Morgan fingerprint density at radius 2 is 2.14 bits per heavy atom. The number of imidazole rings is 1. The molecule has 0 fully saturated rings. The van der Waals surface area contributed by atoms with E-state index in [1.54, 1.807) is 24.4 Å². The second-order valence-corrected chi connectivity index (χ2v) is 3.06. The first-order chi connectivity index (χ1) is 6.75. The van der Waals surface area contributed by atoms with Crippen molar-refractivity contribution in [3.8, 4) is 0 Å². The number of hydrogen-bond acceptors (Lipinski definition) is 2. The van der Waals surface area contributed by atoms with Crippen molar-refractivity contribution in [3.05, 3.63) is 47.5 Å². The fourth-order valence-electron chi connectivity index (χ4n) is 1.31. The predicted molar refractivity (Wildman–Crippen MR) is 52.2 cm³/mol. The summed E-state index contributed by atoms with van der Waals surface area (Å²) in [7, 11) is 0. The summed E-state index contributed by atoms with van der Waals surface area (Å²) in [5.41, 5.74) is 6.86. The van der Waals surface area contributed by atoms with Gasteiger partial charge in [-0.15, -0.1) is 0 Å². The molecular formula is C10H10FN3. The highest BCUT2D eigenvalue weighted by Gasteiger charge is 2.03. The highest BCUT2D eigenvalue weighted by Crippen LogP contribution is 2.11. The molecule has 0 saturated carbocycles. The van der Waals surface area contributed by atoms with Crippen LogP contribution >= 0.6 is 0 Å². The average Bonchev–Trinajstić information content (AvgIpc) is 2.56. The Balaban J connectivity index is 2.23. The first-order valence-corrected chi connectivity index (χ1v) is 4.28. The number of nitrogens with one attached hydrogen (secondary N) is 1. The normalized spacial score (nSPS) is 10.4. The van der Waals surface area contributed by atoms with Crippen molar-refractivity contribution < 1.29 is 4.39 Å². The molecule has 0 bridgehead atoms. The lowest BCUT2D eigenvalue weighted by Crippen LogP contribution is -1.93. The standard InChI is InChI=1S/C10H10FN3/c11-9-4-2-1-3-7(9)5-8-6-13-10(12)14-8/h1-4,6H,5H2,(H3,12,13,14). The minimum Gasteiger partial charge on any atom is -0.369 e. The van der Waals surface area contributed by atoms with Crippen LogP contribution in [-0.2, 0) is 6.42 Å². The number of H-pyrrole nitrogens is 1. The van der Waals surface area contributed by atoms with Crippen molar-refractivity contribution in [2.24, 2.45) is 0 Å². The van der Waals surface area contributed by atoms with Crippen LogP contribution in [0.25, 0.3) is 0 Å². The molecule has 0 radical (unpaired) electrons. The number of nitrogens with two attached hydrogens (primary N) is 1. The molecule has 0 amide bonds. The molecule has 1 aromatic heterocycles. The predicted octanol–water partition coefficient (Wildman–Crippen LogP) is 1.72. The maximum atomic E-state index is 13.2. The lowest BCUT2D eigenvalue weighted by molar-refractivity contribution is 0.613. The van der Waals surface area contributed by atoms with E-state index in [0.717, 1.165) is 5.69 Å². The minimum absolute atomic E-state index is 0.208. The number of anilines is 1. The van der Waals surface area contributed by atoms with E-state index in [9.17, 15) is 4.39 Å². The van der Waals surface area contributed by atoms with Crippen molar-refractivity contribution in [3.63, 3.8) is 0 Å². The number of nitrogens with zero attached hydrogens (tertiary/aromatic N) is 1. The van der Waals surface area contributed by atoms with E-state index in [1.807, 2.05) is 0 Å². The summed E-state index contributed by atoms with van der Waals surface area (Å²) in [6.07, 6.45) is 2.10. The van der Waals surface area contributed by atoms with Gasteiger partial charge in [-0.05, 0) is 11.6 Å². The van der Waals surface area contributed by atoms with E-state index in [-0.39, 0.29) is 5.82 Å². The Bertz CT molecular complexity index is 436. The van der Waals surface area contributed by atoms with Crippen LogP contribution < -0.4 is 5.73 Å². The van der Waals surface area contributed by atoms with E-state index >= 15 is 0 Å².